The van der Waals surface area contributed by atoms with Gasteiger partial charge < -0.3 is 19.7 Å². The highest BCUT2D eigenvalue weighted by atomic mass is 16.5. The number of ether oxygens (including phenoxy) is 2. The molecular weight excluding hydrogens is 380 g/mol. The number of carbonyl (C=O) groups excluding carboxylic acids is 1. The highest BCUT2D eigenvalue weighted by Gasteiger charge is 2.17. The van der Waals surface area contributed by atoms with Crippen molar-refractivity contribution in [2.45, 2.75) is 26.5 Å². The van der Waals surface area contributed by atoms with Crippen LogP contribution in [-0.4, -0.2) is 48.3 Å². The summed E-state index contributed by atoms with van der Waals surface area (Å²) in [6, 6.07) is 13.3. The first kappa shape index (κ1) is 20.1. The number of aromatic nitrogens is 2. The summed E-state index contributed by atoms with van der Waals surface area (Å²) in [4.78, 5) is 23.7. The number of fused-ring (bicyclic) bond motifs is 1. The standard InChI is InChI=1S/C23H26N4O3/c1-16(2)30-19-6-3-17(4-7-19)14-24-23(28)18-5-8-21-20(13-18)22(26-15-25-21)27-9-11-29-12-10-27/h3-8,13,15-16H,9-12,14H2,1-2H3,(H,24,28). The molecular formula is C23H26N4O3. The number of morpholine rings is 1. The fourth-order valence-electron chi connectivity index (χ4n) is 3.45. The molecule has 4 rings (SSSR count). The Labute approximate surface area is 176 Å². The number of carbonyl (C=O) groups is 1. The average Bonchev–Trinajstić information content (AvgIpc) is 2.78. The molecule has 3 aromatic rings. The Hall–Kier alpha value is -3.19. The van der Waals surface area contributed by atoms with Crippen molar-refractivity contribution >= 4 is 22.6 Å². The van der Waals surface area contributed by atoms with Crippen LogP contribution in [0.4, 0.5) is 5.82 Å². The first-order valence-electron chi connectivity index (χ1n) is 10.2. The monoisotopic (exact) mass is 406 g/mol. The van der Waals surface area contributed by atoms with Gasteiger partial charge >= 0.3 is 0 Å². The van der Waals surface area contributed by atoms with Crippen molar-refractivity contribution in [3.05, 3.63) is 59.9 Å². The number of nitrogens with zero attached hydrogens (tertiary/aromatic N) is 3. The zero-order chi connectivity index (χ0) is 20.9. The van der Waals surface area contributed by atoms with Gasteiger partial charge in [-0.3, -0.25) is 4.79 Å². The van der Waals surface area contributed by atoms with Crippen LogP contribution in [0, 0.1) is 0 Å². The summed E-state index contributed by atoms with van der Waals surface area (Å²) in [7, 11) is 0. The van der Waals surface area contributed by atoms with E-state index in [1.54, 1.807) is 12.4 Å². The lowest BCUT2D eigenvalue weighted by Crippen LogP contribution is -2.36. The molecule has 0 aliphatic carbocycles. The van der Waals surface area contributed by atoms with Gasteiger partial charge in [-0.25, -0.2) is 9.97 Å². The zero-order valence-corrected chi connectivity index (χ0v) is 17.3. The SMILES string of the molecule is CC(C)Oc1ccc(CNC(=O)c2ccc3ncnc(N4CCOCC4)c3c2)cc1. The van der Waals surface area contributed by atoms with Crippen molar-refractivity contribution in [1.29, 1.82) is 0 Å². The van der Waals surface area contributed by atoms with E-state index in [0.717, 1.165) is 41.1 Å². The molecule has 0 spiro atoms. The minimum atomic E-state index is -0.129. The van der Waals surface area contributed by atoms with Crippen molar-refractivity contribution in [1.82, 2.24) is 15.3 Å². The molecule has 0 saturated carbocycles. The molecule has 1 aliphatic heterocycles. The van der Waals surface area contributed by atoms with E-state index in [1.807, 2.05) is 50.2 Å². The average molecular weight is 406 g/mol. The lowest BCUT2D eigenvalue weighted by molar-refractivity contribution is 0.0951. The third kappa shape index (κ3) is 4.68. The van der Waals surface area contributed by atoms with Crippen molar-refractivity contribution < 1.29 is 14.3 Å². The van der Waals surface area contributed by atoms with Gasteiger partial charge in [0.1, 0.15) is 17.9 Å². The highest BCUT2D eigenvalue weighted by molar-refractivity contribution is 6.00. The zero-order valence-electron chi connectivity index (χ0n) is 17.3. The minimum Gasteiger partial charge on any atom is -0.491 e. The summed E-state index contributed by atoms with van der Waals surface area (Å²) < 4.78 is 11.1. The topological polar surface area (TPSA) is 76.6 Å². The van der Waals surface area contributed by atoms with Crippen molar-refractivity contribution in [3.63, 3.8) is 0 Å². The number of anilines is 1. The third-order valence-corrected chi connectivity index (χ3v) is 4.94. The second-order valence-corrected chi connectivity index (χ2v) is 7.52. The van der Waals surface area contributed by atoms with Gasteiger partial charge in [-0.15, -0.1) is 0 Å². The molecule has 1 saturated heterocycles. The summed E-state index contributed by atoms with van der Waals surface area (Å²) in [6.45, 7) is 7.33. The van der Waals surface area contributed by atoms with E-state index in [2.05, 4.69) is 20.2 Å². The number of nitrogens with one attached hydrogen (secondary N) is 1. The van der Waals surface area contributed by atoms with Gasteiger partial charge in [-0.05, 0) is 49.7 Å². The predicted octanol–water partition coefficient (Wildman–Crippen LogP) is 3.18. The van der Waals surface area contributed by atoms with E-state index in [1.165, 1.54) is 0 Å². The maximum absolute atomic E-state index is 12.8. The molecule has 2 heterocycles. The number of rotatable bonds is 6. The number of hydrogen-bond donors (Lipinski definition) is 1. The fourth-order valence-corrected chi connectivity index (χ4v) is 3.45. The van der Waals surface area contributed by atoms with Gasteiger partial charge in [-0.2, -0.15) is 0 Å². The molecule has 1 amide bonds. The Morgan fingerprint density at radius 1 is 1.13 bits per heavy atom. The Kier molecular flexibility index (Phi) is 6.09. The molecule has 1 N–H and O–H groups in total. The molecule has 1 fully saturated rings. The summed E-state index contributed by atoms with van der Waals surface area (Å²) in [5.74, 6) is 1.54. The Balaban J connectivity index is 1.47. The Morgan fingerprint density at radius 3 is 2.63 bits per heavy atom. The Morgan fingerprint density at radius 2 is 1.90 bits per heavy atom. The summed E-state index contributed by atoms with van der Waals surface area (Å²) >= 11 is 0. The second-order valence-electron chi connectivity index (χ2n) is 7.52. The largest absolute Gasteiger partial charge is 0.491 e. The van der Waals surface area contributed by atoms with Crippen LogP contribution in [0.15, 0.2) is 48.8 Å². The molecule has 1 aromatic heterocycles. The Bertz CT molecular complexity index is 1010. The summed E-state index contributed by atoms with van der Waals surface area (Å²) in [5, 5.41) is 3.86. The van der Waals surface area contributed by atoms with Crippen molar-refractivity contribution in [2.75, 3.05) is 31.2 Å². The van der Waals surface area contributed by atoms with Crippen LogP contribution in [0.2, 0.25) is 0 Å². The molecule has 2 aromatic carbocycles. The summed E-state index contributed by atoms with van der Waals surface area (Å²) in [6.07, 6.45) is 1.70. The minimum absolute atomic E-state index is 0.129. The molecule has 0 unspecified atom stereocenters. The molecule has 0 bridgehead atoms. The smallest absolute Gasteiger partial charge is 0.251 e. The van der Waals surface area contributed by atoms with Gasteiger partial charge in [0.15, 0.2) is 0 Å². The normalized spacial score (nSPS) is 14.2. The first-order chi connectivity index (χ1) is 14.6. The molecule has 156 valence electrons. The maximum Gasteiger partial charge on any atom is 0.251 e. The molecule has 0 radical (unpaired) electrons. The highest BCUT2D eigenvalue weighted by Crippen LogP contribution is 2.25. The number of amides is 1. The van der Waals surface area contributed by atoms with Crippen LogP contribution in [0.25, 0.3) is 10.9 Å². The van der Waals surface area contributed by atoms with Gasteiger partial charge in [0.05, 0.1) is 24.8 Å². The van der Waals surface area contributed by atoms with E-state index in [4.69, 9.17) is 9.47 Å². The number of hydrogen-bond acceptors (Lipinski definition) is 6. The van der Waals surface area contributed by atoms with Crippen LogP contribution >= 0.6 is 0 Å². The maximum atomic E-state index is 12.8. The van der Waals surface area contributed by atoms with E-state index >= 15 is 0 Å². The molecule has 7 nitrogen and oxygen atoms in total. The van der Waals surface area contributed by atoms with Crippen LogP contribution in [0.1, 0.15) is 29.8 Å². The van der Waals surface area contributed by atoms with Crippen LogP contribution in [0.3, 0.4) is 0 Å². The lowest BCUT2D eigenvalue weighted by atomic mass is 10.1. The molecule has 1 aliphatic rings. The number of benzene rings is 2. The molecule has 7 heteroatoms. The van der Waals surface area contributed by atoms with E-state index in [0.29, 0.717) is 25.3 Å². The lowest BCUT2D eigenvalue weighted by Gasteiger charge is -2.28. The third-order valence-electron chi connectivity index (χ3n) is 4.94. The van der Waals surface area contributed by atoms with Crippen LogP contribution in [-0.2, 0) is 11.3 Å². The second kappa shape index (κ2) is 9.09. The van der Waals surface area contributed by atoms with Crippen molar-refractivity contribution in [3.8, 4) is 5.75 Å². The molecule has 30 heavy (non-hydrogen) atoms. The van der Waals surface area contributed by atoms with Gasteiger partial charge in [-0.1, -0.05) is 12.1 Å². The molecule has 0 atom stereocenters. The van der Waals surface area contributed by atoms with Crippen LogP contribution in [0.5, 0.6) is 5.75 Å². The fraction of sp³-hybridized carbons (Fsp3) is 0.348. The first-order valence-corrected chi connectivity index (χ1v) is 10.2. The van der Waals surface area contributed by atoms with Crippen molar-refractivity contribution in [2.24, 2.45) is 0 Å². The quantitative estimate of drug-likeness (QED) is 0.678. The van der Waals surface area contributed by atoms with Crippen LogP contribution < -0.4 is 15.0 Å². The van der Waals surface area contributed by atoms with Gasteiger partial charge in [0.2, 0.25) is 0 Å². The van der Waals surface area contributed by atoms with Gasteiger partial charge in [0, 0.05) is 30.6 Å². The van der Waals surface area contributed by atoms with E-state index < -0.39 is 0 Å². The van der Waals surface area contributed by atoms with E-state index in [9.17, 15) is 4.79 Å². The van der Waals surface area contributed by atoms with Gasteiger partial charge in [0.25, 0.3) is 5.91 Å². The summed E-state index contributed by atoms with van der Waals surface area (Å²) in [5.41, 5.74) is 2.42. The predicted molar refractivity (Wildman–Crippen MR) is 116 cm³/mol. The van der Waals surface area contributed by atoms with E-state index in [-0.39, 0.29) is 12.0 Å².